The first-order valence-electron chi connectivity index (χ1n) is 8.19. The molecule has 0 heterocycles. The summed E-state index contributed by atoms with van der Waals surface area (Å²) in [6, 6.07) is 0. The molecule has 2 heteroatoms. The van der Waals surface area contributed by atoms with E-state index >= 15 is 0 Å². The molecule has 1 unspecified atom stereocenters. The summed E-state index contributed by atoms with van der Waals surface area (Å²) in [6.45, 7) is 6.88. The summed E-state index contributed by atoms with van der Waals surface area (Å²) in [5.41, 5.74) is 0.156. The van der Waals surface area contributed by atoms with E-state index in [1.165, 1.54) is 25.7 Å². The van der Waals surface area contributed by atoms with Gasteiger partial charge in [0.05, 0.1) is 11.7 Å². The number of hydrogen-bond donors (Lipinski definition) is 1. The van der Waals surface area contributed by atoms with Crippen molar-refractivity contribution in [2.45, 2.75) is 96.7 Å². The monoisotopic (exact) mass is 270 g/mol. The molecule has 19 heavy (non-hydrogen) atoms. The molecule has 1 rings (SSSR count). The maximum absolute atomic E-state index is 10.5. The summed E-state index contributed by atoms with van der Waals surface area (Å²) in [6.07, 6.45) is 11.2. The predicted molar refractivity (Wildman–Crippen MR) is 81.4 cm³/mol. The van der Waals surface area contributed by atoms with E-state index in [0.717, 1.165) is 38.5 Å². The van der Waals surface area contributed by atoms with Crippen LogP contribution in [0.15, 0.2) is 0 Å². The van der Waals surface area contributed by atoms with Crippen molar-refractivity contribution in [3.63, 3.8) is 0 Å². The Morgan fingerprint density at radius 2 is 1.58 bits per heavy atom. The van der Waals surface area contributed by atoms with Crippen LogP contribution in [0.1, 0.15) is 85.0 Å². The highest BCUT2D eigenvalue weighted by atomic mass is 16.5. The van der Waals surface area contributed by atoms with Gasteiger partial charge in [0, 0.05) is 7.11 Å². The van der Waals surface area contributed by atoms with Gasteiger partial charge in [-0.05, 0) is 37.5 Å². The SMILES string of the molecule is CCCCCCCC(O)C1(OC)CCC(C)(C)CC1. The number of rotatable bonds is 8. The van der Waals surface area contributed by atoms with E-state index in [2.05, 4.69) is 20.8 Å². The van der Waals surface area contributed by atoms with Gasteiger partial charge in [0.25, 0.3) is 0 Å². The average molecular weight is 270 g/mol. The second kappa shape index (κ2) is 7.64. The summed E-state index contributed by atoms with van der Waals surface area (Å²) in [7, 11) is 1.78. The standard InChI is InChI=1S/C17H34O2/c1-5-6-7-8-9-10-15(18)17(19-4)13-11-16(2,3)12-14-17/h15,18H,5-14H2,1-4H3. The van der Waals surface area contributed by atoms with E-state index in [1.807, 2.05) is 0 Å². The second-order valence-corrected chi connectivity index (χ2v) is 7.15. The van der Waals surface area contributed by atoms with E-state index in [9.17, 15) is 5.11 Å². The highest BCUT2D eigenvalue weighted by Crippen LogP contribution is 2.44. The molecular weight excluding hydrogens is 236 g/mol. The van der Waals surface area contributed by atoms with E-state index in [1.54, 1.807) is 7.11 Å². The van der Waals surface area contributed by atoms with Crippen LogP contribution in [0.4, 0.5) is 0 Å². The van der Waals surface area contributed by atoms with Gasteiger partial charge in [0.1, 0.15) is 0 Å². The van der Waals surface area contributed by atoms with Crippen LogP contribution in [-0.4, -0.2) is 23.9 Å². The highest BCUT2D eigenvalue weighted by Gasteiger charge is 2.43. The number of hydrogen-bond acceptors (Lipinski definition) is 2. The van der Waals surface area contributed by atoms with Crippen molar-refractivity contribution in [3.8, 4) is 0 Å². The van der Waals surface area contributed by atoms with Gasteiger partial charge in [-0.25, -0.2) is 0 Å². The van der Waals surface area contributed by atoms with Crippen molar-refractivity contribution in [1.29, 1.82) is 0 Å². The smallest absolute Gasteiger partial charge is 0.0936 e. The second-order valence-electron chi connectivity index (χ2n) is 7.15. The van der Waals surface area contributed by atoms with Crippen LogP contribution in [0.5, 0.6) is 0 Å². The molecule has 0 bridgehead atoms. The summed E-state index contributed by atoms with van der Waals surface area (Å²) < 4.78 is 5.76. The number of ether oxygens (including phenoxy) is 1. The van der Waals surface area contributed by atoms with Crippen molar-refractivity contribution < 1.29 is 9.84 Å². The Labute approximate surface area is 119 Å². The number of methoxy groups -OCH3 is 1. The van der Waals surface area contributed by atoms with E-state index in [4.69, 9.17) is 4.74 Å². The molecule has 0 aromatic carbocycles. The molecule has 1 aliphatic rings. The number of unbranched alkanes of at least 4 members (excludes halogenated alkanes) is 4. The van der Waals surface area contributed by atoms with Gasteiger partial charge in [-0.15, -0.1) is 0 Å². The van der Waals surface area contributed by atoms with Crippen LogP contribution in [-0.2, 0) is 4.74 Å². The van der Waals surface area contributed by atoms with Gasteiger partial charge in [0.15, 0.2) is 0 Å². The maximum Gasteiger partial charge on any atom is 0.0936 e. The molecule has 0 amide bonds. The number of aliphatic hydroxyl groups excluding tert-OH is 1. The van der Waals surface area contributed by atoms with Crippen LogP contribution < -0.4 is 0 Å². The molecule has 1 saturated carbocycles. The molecule has 1 aliphatic carbocycles. The van der Waals surface area contributed by atoms with Crippen molar-refractivity contribution in [2.75, 3.05) is 7.11 Å². The average Bonchev–Trinajstić information content (AvgIpc) is 2.39. The molecular formula is C17H34O2. The molecule has 0 aliphatic heterocycles. The minimum absolute atomic E-state index is 0.264. The zero-order chi connectivity index (χ0) is 14.4. The lowest BCUT2D eigenvalue weighted by atomic mass is 9.68. The highest BCUT2D eigenvalue weighted by molar-refractivity contribution is 4.95. The fourth-order valence-corrected chi connectivity index (χ4v) is 3.23. The van der Waals surface area contributed by atoms with Crippen LogP contribution in [0.2, 0.25) is 0 Å². The lowest BCUT2D eigenvalue weighted by molar-refractivity contribution is -0.138. The van der Waals surface area contributed by atoms with Crippen LogP contribution in [0.3, 0.4) is 0 Å². The van der Waals surface area contributed by atoms with Crippen LogP contribution in [0, 0.1) is 5.41 Å². The zero-order valence-electron chi connectivity index (χ0n) is 13.5. The van der Waals surface area contributed by atoms with Gasteiger partial charge in [-0.3, -0.25) is 0 Å². The topological polar surface area (TPSA) is 29.5 Å². The van der Waals surface area contributed by atoms with E-state index in [0.29, 0.717) is 5.41 Å². The molecule has 1 N–H and O–H groups in total. The third-order valence-electron chi connectivity index (χ3n) is 5.04. The van der Waals surface area contributed by atoms with Crippen molar-refractivity contribution in [1.82, 2.24) is 0 Å². The van der Waals surface area contributed by atoms with Crippen molar-refractivity contribution in [2.24, 2.45) is 5.41 Å². The predicted octanol–water partition coefficient (Wildman–Crippen LogP) is 4.69. The van der Waals surface area contributed by atoms with Gasteiger partial charge in [-0.2, -0.15) is 0 Å². The molecule has 2 nitrogen and oxygen atoms in total. The van der Waals surface area contributed by atoms with Gasteiger partial charge in [0.2, 0.25) is 0 Å². The Bertz CT molecular complexity index is 238. The van der Waals surface area contributed by atoms with Gasteiger partial charge >= 0.3 is 0 Å². The Hall–Kier alpha value is -0.0800. The first-order chi connectivity index (χ1) is 8.96. The van der Waals surface area contributed by atoms with E-state index < -0.39 is 0 Å². The molecule has 0 aromatic rings. The summed E-state index contributed by atoms with van der Waals surface area (Å²) in [5, 5.41) is 10.5. The molecule has 1 atom stereocenters. The van der Waals surface area contributed by atoms with Crippen molar-refractivity contribution in [3.05, 3.63) is 0 Å². The lowest BCUT2D eigenvalue weighted by Gasteiger charge is -2.45. The minimum Gasteiger partial charge on any atom is -0.390 e. The fourth-order valence-electron chi connectivity index (χ4n) is 3.23. The molecule has 0 aromatic heterocycles. The van der Waals surface area contributed by atoms with Gasteiger partial charge in [-0.1, -0.05) is 52.9 Å². The summed E-state index contributed by atoms with van der Waals surface area (Å²) in [5.74, 6) is 0. The molecule has 0 spiro atoms. The third-order valence-corrected chi connectivity index (χ3v) is 5.04. The Morgan fingerprint density at radius 1 is 1.00 bits per heavy atom. The van der Waals surface area contributed by atoms with Crippen molar-refractivity contribution >= 4 is 0 Å². The summed E-state index contributed by atoms with van der Waals surface area (Å²) >= 11 is 0. The maximum atomic E-state index is 10.5. The molecule has 0 saturated heterocycles. The zero-order valence-corrected chi connectivity index (χ0v) is 13.5. The summed E-state index contributed by atoms with van der Waals surface area (Å²) in [4.78, 5) is 0. The van der Waals surface area contributed by atoms with Crippen LogP contribution >= 0.6 is 0 Å². The normalized spacial score (nSPS) is 23.2. The lowest BCUT2D eigenvalue weighted by Crippen LogP contribution is -2.48. The van der Waals surface area contributed by atoms with E-state index in [-0.39, 0.29) is 11.7 Å². The molecule has 0 radical (unpaired) electrons. The van der Waals surface area contributed by atoms with Gasteiger partial charge < -0.3 is 9.84 Å². The molecule has 1 fully saturated rings. The third kappa shape index (κ3) is 5.07. The Morgan fingerprint density at radius 3 is 2.11 bits per heavy atom. The van der Waals surface area contributed by atoms with Crippen LogP contribution in [0.25, 0.3) is 0 Å². The first kappa shape index (κ1) is 17.0. The Kier molecular flexibility index (Phi) is 6.82. The quantitative estimate of drug-likeness (QED) is 0.648. The molecule has 114 valence electrons. The first-order valence-corrected chi connectivity index (χ1v) is 8.19. The largest absolute Gasteiger partial charge is 0.390 e. The Balaban J connectivity index is 2.37. The minimum atomic E-state index is -0.282. The number of aliphatic hydroxyl groups is 1. The fraction of sp³-hybridized carbons (Fsp3) is 1.00.